The lowest BCUT2D eigenvalue weighted by atomic mass is 10.2. The molecule has 0 saturated carbocycles. The Balaban J connectivity index is 2.08. The second-order valence-electron chi connectivity index (χ2n) is 5.63. The van der Waals surface area contributed by atoms with E-state index in [0.29, 0.717) is 31.5 Å². The van der Waals surface area contributed by atoms with E-state index in [0.717, 1.165) is 29.2 Å². The van der Waals surface area contributed by atoms with Crippen LogP contribution in [0.3, 0.4) is 0 Å². The van der Waals surface area contributed by atoms with Gasteiger partial charge in [0, 0.05) is 36.5 Å². The van der Waals surface area contributed by atoms with E-state index in [1.54, 1.807) is 20.4 Å². The first-order valence-corrected chi connectivity index (χ1v) is 9.01. The van der Waals surface area contributed by atoms with Gasteiger partial charge in [0.1, 0.15) is 11.5 Å². The van der Waals surface area contributed by atoms with Crippen molar-refractivity contribution in [1.82, 2.24) is 15.6 Å². The summed E-state index contributed by atoms with van der Waals surface area (Å²) in [6.45, 7) is 6.35. The molecule has 0 spiro atoms. The SMILES string of the molecule is CCNC(=NCc1cccnc1OCC)NCc1ccc(OC)cc1OC. The first-order valence-electron chi connectivity index (χ1n) is 9.01. The third kappa shape index (κ3) is 6.06. The van der Waals surface area contributed by atoms with E-state index in [1.807, 2.05) is 44.2 Å². The van der Waals surface area contributed by atoms with E-state index in [4.69, 9.17) is 14.2 Å². The van der Waals surface area contributed by atoms with Crippen molar-refractivity contribution in [2.24, 2.45) is 4.99 Å². The van der Waals surface area contributed by atoms with Crippen LogP contribution in [0.15, 0.2) is 41.5 Å². The van der Waals surface area contributed by atoms with Gasteiger partial charge in [-0.1, -0.05) is 6.07 Å². The molecule has 7 heteroatoms. The Labute approximate surface area is 160 Å². The van der Waals surface area contributed by atoms with Crippen LogP contribution >= 0.6 is 0 Å². The predicted octanol–water partition coefficient (Wildman–Crippen LogP) is 2.75. The standard InChI is InChI=1S/C20H28N4O3/c1-5-21-20(24-14-16-8-7-11-22-19(16)27-6-2)23-13-15-9-10-17(25-3)12-18(15)26-4/h7-12H,5-6,13-14H2,1-4H3,(H2,21,23,24). The predicted molar refractivity (Wildman–Crippen MR) is 107 cm³/mol. The first kappa shape index (κ1) is 20.4. The van der Waals surface area contributed by atoms with Crippen LogP contribution in [0.5, 0.6) is 17.4 Å². The molecule has 7 nitrogen and oxygen atoms in total. The highest BCUT2D eigenvalue weighted by atomic mass is 16.5. The summed E-state index contributed by atoms with van der Waals surface area (Å²) in [7, 11) is 3.28. The molecule has 0 atom stereocenters. The van der Waals surface area contributed by atoms with Crippen molar-refractivity contribution in [1.29, 1.82) is 0 Å². The van der Waals surface area contributed by atoms with Crippen molar-refractivity contribution >= 4 is 5.96 Å². The van der Waals surface area contributed by atoms with Crippen LogP contribution < -0.4 is 24.8 Å². The summed E-state index contributed by atoms with van der Waals surface area (Å²) in [6.07, 6.45) is 1.72. The Morgan fingerprint density at radius 2 is 1.93 bits per heavy atom. The lowest BCUT2D eigenvalue weighted by Crippen LogP contribution is -2.36. The summed E-state index contributed by atoms with van der Waals surface area (Å²) in [5, 5.41) is 6.57. The summed E-state index contributed by atoms with van der Waals surface area (Å²) < 4.78 is 16.2. The quantitative estimate of drug-likeness (QED) is 0.521. The summed E-state index contributed by atoms with van der Waals surface area (Å²) in [6, 6.07) is 9.61. The molecule has 27 heavy (non-hydrogen) atoms. The van der Waals surface area contributed by atoms with Gasteiger partial charge in [0.15, 0.2) is 5.96 Å². The Morgan fingerprint density at radius 1 is 1.07 bits per heavy atom. The Kier molecular flexibility index (Phi) is 8.22. The minimum absolute atomic E-state index is 0.470. The van der Waals surface area contributed by atoms with Crippen molar-refractivity contribution < 1.29 is 14.2 Å². The third-order valence-corrected chi connectivity index (χ3v) is 3.82. The summed E-state index contributed by atoms with van der Waals surface area (Å²) in [4.78, 5) is 8.90. The molecule has 0 amide bonds. The smallest absolute Gasteiger partial charge is 0.218 e. The van der Waals surface area contributed by atoms with Crippen molar-refractivity contribution in [2.75, 3.05) is 27.4 Å². The maximum Gasteiger partial charge on any atom is 0.218 e. The fourth-order valence-electron chi connectivity index (χ4n) is 2.49. The molecule has 0 unspecified atom stereocenters. The van der Waals surface area contributed by atoms with E-state index in [-0.39, 0.29) is 0 Å². The molecular weight excluding hydrogens is 344 g/mol. The first-order chi connectivity index (χ1) is 13.2. The van der Waals surface area contributed by atoms with E-state index < -0.39 is 0 Å². The molecule has 2 N–H and O–H groups in total. The molecular formula is C20H28N4O3. The Bertz CT molecular complexity index is 750. The summed E-state index contributed by atoms with van der Waals surface area (Å²) >= 11 is 0. The van der Waals surface area contributed by atoms with E-state index >= 15 is 0 Å². The van der Waals surface area contributed by atoms with Gasteiger partial charge in [-0.05, 0) is 32.0 Å². The van der Waals surface area contributed by atoms with E-state index in [9.17, 15) is 0 Å². The summed E-state index contributed by atoms with van der Waals surface area (Å²) in [5.41, 5.74) is 1.96. The molecule has 2 rings (SSSR count). The number of nitrogens with one attached hydrogen (secondary N) is 2. The van der Waals surface area contributed by atoms with Gasteiger partial charge in [0.2, 0.25) is 5.88 Å². The number of aromatic nitrogens is 1. The molecule has 0 aliphatic heterocycles. The lowest BCUT2D eigenvalue weighted by molar-refractivity contribution is 0.323. The second kappa shape index (κ2) is 10.9. The number of rotatable bonds is 9. The number of methoxy groups -OCH3 is 2. The van der Waals surface area contributed by atoms with Crippen LogP contribution in [-0.2, 0) is 13.1 Å². The molecule has 0 saturated heterocycles. The zero-order chi connectivity index (χ0) is 19.5. The normalized spacial score (nSPS) is 11.0. The average molecular weight is 372 g/mol. The zero-order valence-corrected chi connectivity index (χ0v) is 16.4. The van der Waals surface area contributed by atoms with Gasteiger partial charge in [-0.25, -0.2) is 9.98 Å². The fourth-order valence-corrected chi connectivity index (χ4v) is 2.49. The Hall–Kier alpha value is -2.96. The number of ether oxygens (including phenoxy) is 3. The van der Waals surface area contributed by atoms with Crippen LogP contribution in [0.1, 0.15) is 25.0 Å². The molecule has 1 heterocycles. The summed E-state index contributed by atoms with van der Waals surface area (Å²) in [5.74, 6) is 2.86. The van der Waals surface area contributed by atoms with Gasteiger partial charge < -0.3 is 24.8 Å². The molecule has 146 valence electrons. The molecule has 0 aliphatic rings. The highest BCUT2D eigenvalue weighted by Gasteiger charge is 2.07. The molecule has 0 radical (unpaired) electrons. The van der Waals surface area contributed by atoms with Crippen LogP contribution in [0, 0.1) is 0 Å². The number of nitrogens with zero attached hydrogens (tertiary/aromatic N) is 2. The molecule has 0 fully saturated rings. The van der Waals surface area contributed by atoms with E-state index in [2.05, 4.69) is 20.6 Å². The molecule has 1 aromatic heterocycles. The number of aliphatic imine (C=N–C) groups is 1. The minimum Gasteiger partial charge on any atom is -0.497 e. The monoisotopic (exact) mass is 372 g/mol. The lowest BCUT2D eigenvalue weighted by Gasteiger charge is -2.14. The maximum atomic E-state index is 5.56. The van der Waals surface area contributed by atoms with Crippen LogP contribution in [-0.4, -0.2) is 38.3 Å². The van der Waals surface area contributed by atoms with Crippen molar-refractivity contribution in [3.05, 3.63) is 47.7 Å². The number of hydrogen-bond acceptors (Lipinski definition) is 5. The van der Waals surface area contributed by atoms with Gasteiger partial charge in [0.25, 0.3) is 0 Å². The van der Waals surface area contributed by atoms with Gasteiger partial charge in [-0.2, -0.15) is 0 Å². The third-order valence-electron chi connectivity index (χ3n) is 3.82. The molecule has 2 aromatic rings. The minimum atomic E-state index is 0.470. The van der Waals surface area contributed by atoms with Crippen LogP contribution in [0.2, 0.25) is 0 Å². The topological polar surface area (TPSA) is 77.0 Å². The molecule has 1 aromatic carbocycles. The maximum absolute atomic E-state index is 5.56. The number of hydrogen-bond donors (Lipinski definition) is 2. The average Bonchev–Trinajstić information content (AvgIpc) is 2.71. The van der Waals surface area contributed by atoms with Gasteiger partial charge >= 0.3 is 0 Å². The van der Waals surface area contributed by atoms with Crippen molar-refractivity contribution in [2.45, 2.75) is 26.9 Å². The van der Waals surface area contributed by atoms with E-state index in [1.165, 1.54) is 0 Å². The molecule has 0 aliphatic carbocycles. The largest absolute Gasteiger partial charge is 0.497 e. The fraction of sp³-hybridized carbons (Fsp3) is 0.400. The number of pyridine rings is 1. The molecule has 0 bridgehead atoms. The van der Waals surface area contributed by atoms with Crippen molar-refractivity contribution in [3.8, 4) is 17.4 Å². The Morgan fingerprint density at radius 3 is 2.63 bits per heavy atom. The van der Waals surface area contributed by atoms with Gasteiger partial charge in [-0.15, -0.1) is 0 Å². The number of guanidine groups is 1. The van der Waals surface area contributed by atoms with Crippen LogP contribution in [0.25, 0.3) is 0 Å². The zero-order valence-electron chi connectivity index (χ0n) is 16.4. The van der Waals surface area contributed by atoms with Gasteiger partial charge in [0.05, 0.1) is 27.4 Å². The highest BCUT2D eigenvalue weighted by molar-refractivity contribution is 5.79. The second-order valence-corrected chi connectivity index (χ2v) is 5.63. The van der Waals surface area contributed by atoms with Crippen molar-refractivity contribution in [3.63, 3.8) is 0 Å². The highest BCUT2D eigenvalue weighted by Crippen LogP contribution is 2.24. The van der Waals surface area contributed by atoms with Gasteiger partial charge in [-0.3, -0.25) is 0 Å². The number of benzene rings is 1. The van der Waals surface area contributed by atoms with Crippen LogP contribution in [0.4, 0.5) is 0 Å².